The standard InChI is InChI=1S/C21H22N2O4S/c1-26-16-5-7-18(27-2)19(10-16)28-23-11-14-4-3-13(9-15(14)12-23)17-6-8-20(24)22-21(17)25/h3-5,7,9-10,17H,6,8,11-12H2,1-2H3,(H,22,24,25). The number of ether oxygens (including phenoxy) is 2. The molecule has 0 saturated carbocycles. The molecule has 0 aliphatic carbocycles. The van der Waals surface area contributed by atoms with Crippen molar-refractivity contribution >= 4 is 23.8 Å². The first-order valence-corrected chi connectivity index (χ1v) is 9.95. The molecule has 2 aliphatic heterocycles. The molecule has 1 atom stereocenters. The Balaban J connectivity index is 1.50. The van der Waals surface area contributed by atoms with Gasteiger partial charge in [0.2, 0.25) is 11.8 Å². The third kappa shape index (κ3) is 3.72. The van der Waals surface area contributed by atoms with Gasteiger partial charge < -0.3 is 9.47 Å². The van der Waals surface area contributed by atoms with Crippen LogP contribution in [0.2, 0.25) is 0 Å². The minimum absolute atomic E-state index is 0.183. The second-order valence-electron chi connectivity index (χ2n) is 6.94. The van der Waals surface area contributed by atoms with E-state index in [-0.39, 0.29) is 17.7 Å². The first-order chi connectivity index (χ1) is 13.6. The van der Waals surface area contributed by atoms with Crippen molar-refractivity contribution in [2.75, 3.05) is 14.2 Å². The summed E-state index contributed by atoms with van der Waals surface area (Å²) in [6, 6.07) is 12.0. The van der Waals surface area contributed by atoms with Gasteiger partial charge in [-0.05, 0) is 53.3 Å². The minimum Gasteiger partial charge on any atom is -0.497 e. The first-order valence-electron chi connectivity index (χ1n) is 9.17. The van der Waals surface area contributed by atoms with Crippen LogP contribution in [0, 0.1) is 0 Å². The van der Waals surface area contributed by atoms with E-state index in [1.165, 1.54) is 11.1 Å². The molecule has 2 aromatic carbocycles. The van der Waals surface area contributed by atoms with Gasteiger partial charge in [-0.25, -0.2) is 4.31 Å². The fourth-order valence-corrected chi connectivity index (χ4v) is 4.77. The zero-order valence-electron chi connectivity index (χ0n) is 15.9. The van der Waals surface area contributed by atoms with Gasteiger partial charge in [-0.2, -0.15) is 0 Å². The summed E-state index contributed by atoms with van der Waals surface area (Å²) in [5, 5.41) is 2.44. The molecule has 0 spiro atoms. The fourth-order valence-electron chi connectivity index (χ4n) is 3.67. The lowest BCUT2D eigenvalue weighted by molar-refractivity contribution is -0.134. The number of fused-ring (bicyclic) bond motifs is 1. The topological polar surface area (TPSA) is 67.9 Å². The van der Waals surface area contributed by atoms with Crippen molar-refractivity contribution < 1.29 is 19.1 Å². The molecule has 0 aromatic heterocycles. The number of amides is 2. The van der Waals surface area contributed by atoms with Gasteiger partial charge in [0.05, 0.1) is 25.0 Å². The number of carbonyl (C=O) groups is 2. The van der Waals surface area contributed by atoms with Crippen molar-refractivity contribution in [3.63, 3.8) is 0 Å². The summed E-state index contributed by atoms with van der Waals surface area (Å²) in [4.78, 5) is 24.6. The molecule has 4 rings (SSSR count). The van der Waals surface area contributed by atoms with Crippen LogP contribution in [-0.4, -0.2) is 30.3 Å². The maximum atomic E-state index is 12.2. The largest absolute Gasteiger partial charge is 0.497 e. The van der Waals surface area contributed by atoms with Crippen LogP contribution >= 0.6 is 11.9 Å². The molecule has 6 nitrogen and oxygen atoms in total. The molecule has 1 unspecified atom stereocenters. The highest BCUT2D eigenvalue weighted by Gasteiger charge is 2.29. The lowest BCUT2D eigenvalue weighted by atomic mass is 9.89. The first kappa shape index (κ1) is 18.8. The van der Waals surface area contributed by atoms with Crippen LogP contribution in [-0.2, 0) is 22.7 Å². The third-order valence-corrected chi connectivity index (χ3v) is 6.20. The molecule has 2 heterocycles. The van der Waals surface area contributed by atoms with Crippen LogP contribution in [0.5, 0.6) is 11.5 Å². The number of rotatable bonds is 5. The van der Waals surface area contributed by atoms with Crippen molar-refractivity contribution in [2.24, 2.45) is 0 Å². The molecule has 146 valence electrons. The molecule has 0 bridgehead atoms. The summed E-state index contributed by atoms with van der Waals surface area (Å²) in [7, 11) is 3.31. The SMILES string of the molecule is COc1ccc(OC)c(SN2Cc3ccc(C4CCC(=O)NC4=O)cc3C2)c1. The van der Waals surface area contributed by atoms with Gasteiger partial charge in [0, 0.05) is 19.5 Å². The van der Waals surface area contributed by atoms with E-state index in [1.807, 2.05) is 24.3 Å². The van der Waals surface area contributed by atoms with Gasteiger partial charge in [-0.1, -0.05) is 18.2 Å². The van der Waals surface area contributed by atoms with E-state index in [1.54, 1.807) is 26.2 Å². The van der Waals surface area contributed by atoms with Crippen LogP contribution in [0.25, 0.3) is 0 Å². The monoisotopic (exact) mass is 398 g/mol. The van der Waals surface area contributed by atoms with Crippen molar-refractivity contribution in [2.45, 2.75) is 36.7 Å². The molecule has 28 heavy (non-hydrogen) atoms. The number of hydrogen-bond acceptors (Lipinski definition) is 6. The molecule has 0 radical (unpaired) electrons. The van der Waals surface area contributed by atoms with Gasteiger partial charge in [0.25, 0.3) is 0 Å². The van der Waals surface area contributed by atoms with E-state index < -0.39 is 0 Å². The number of piperidine rings is 1. The van der Waals surface area contributed by atoms with Crippen LogP contribution < -0.4 is 14.8 Å². The number of methoxy groups -OCH3 is 2. The normalized spacial score (nSPS) is 19.3. The lowest BCUT2D eigenvalue weighted by Crippen LogP contribution is -2.39. The predicted octanol–water partition coefficient (Wildman–Crippen LogP) is 3.25. The molecule has 2 amide bonds. The number of benzene rings is 2. The number of nitrogens with zero attached hydrogens (tertiary/aromatic N) is 1. The van der Waals surface area contributed by atoms with Gasteiger partial charge in [0.15, 0.2) is 0 Å². The molecular weight excluding hydrogens is 376 g/mol. The second-order valence-corrected chi connectivity index (χ2v) is 8.08. The van der Waals surface area contributed by atoms with E-state index >= 15 is 0 Å². The van der Waals surface area contributed by atoms with Crippen molar-refractivity contribution in [3.05, 3.63) is 53.1 Å². The van der Waals surface area contributed by atoms with Crippen molar-refractivity contribution in [1.29, 1.82) is 0 Å². The van der Waals surface area contributed by atoms with Gasteiger partial charge in [0.1, 0.15) is 11.5 Å². The highest BCUT2D eigenvalue weighted by atomic mass is 32.2. The Bertz CT molecular complexity index is 931. The number of imide groups is 1. The van der Waals surface area contributed by atoms with Crippen molar-refractivity contribution in [1.82, 2.24) is 9.62 Å². The Kier molecular flexibility index (Phi) is 5.28. The summed E-state index contributed by atoms with van der Waals surface area (Å²) in [5.41, 5.74) is 3.46. The highest BCUT2D eigenvalue weighted by molar-refractivity contribution is 7.97. The molecule has 2 aliphatic rings. The van der Waals surface area contributed by atoms with Gasteiger partial charge in [-0.3, -0.25) is 14.9 Å². The number of nitrogens with one attached hydrogen (secondary N) is 1. The predicted molar refractivity (Wildman–Crippen MR) is 106 cm³/mol. The van der Waals surface area contributed by atoms with E-state index in [0.717, 1.165) is 35.0 Å². The van der Waals surface area contributed by atoms with Crippen LogP contribution in [0.1, 0.15) is 35.4 Å². The maximum absolute atomic E-state index is 12.2. The summed E-state index contributed by atoms with van der Waals surface area (Å²) in [6.07, 6.45) is 0.966. The quantitative estimate of drug-likeness (QED) is 0.616. The summed E-state index contributed by atoms with van der Waals surface area (Å²) < 4.78 is 13.1. The van der Waals surface area contributed by atoms with Crippen LogP contribution in [0.15, 0.2) is 41.3 Å². The third-order valence-electron chi connectivity index (χ3n) is 5.16. The van der Waals surface area contributed by atoms with Gasteiger partial charge in [-0.15, -0.1) is 0 Å². The summed E-state index contributed by atoms with van der Waals surface area (Å²) in [5.74, 6) is 0.980. The summed E-state index contributed by atoms with van der Waals surface area (Å²) in [6.45, 7) is 1.59. The fraction of sp³-hybridized carbons (Fsp3) is 0.333. The Morgan fingerprint density at radius 2 is 1.86 bits per heavy atom. The van der Waals surface area contributed by atoms with E-state index in [0.29, 0.717) is 12.8 Å². The highest BCUT2D eigenvalue weighted by Crippen LogP contribution is 2.39. The van der Waals surface area contributed by atoms with Gasteiger partial charge >= 0.3 is 0 Å². The minimum atomic E-state index is -0.247. The zero-order chi connectivity index (χ0) is 19.7. The second kappa shape index (κ2) is 7.85. The lowest BCUT2D eigenvalue weighted by Gasteiger charge is -2.21. The van der Waals surface area contributed by atoms with E-state index in [9.17, 15) is 9.59 Å². The average Bonchev–Trinajstić information content (AvgIpc) is 3.09. The summed E-state index contributed by atoms with van der Waals surface area (Å²) >= 11 is 1.64. The Labute approximate surface area is 168 Å². The molecule has 1 N–H and O–H groups in total. The molecule has 2 aromatic rings. The number of hydrogen-bond donors (Lipinski definition) is 1. The van der Waals surface area contributed by atoms with E-state index in [4.69, 9.17) is 9.47 Å². The van der Waals surface area contributed by atoms with Crippen LogP contribution in [0.4, 0.5) is 0 Å². The Morgan fingerprint density at radius 3 is 2.61 bits per heavy atom. The molecule has 1 saturated heterocycles. The smallest absolute Gasteiger partial charge is 0.234 e. The Hall–Kier alpha value is -2.51. The molecule has 7 heteroatoms. The zero-order valence-corrected chi connectivity index (χ0v) is 16.7. The Morgan fingerprint density at radius 1 is 1.04 bits per heavy atom. The molecular formula is C21H22N2O4S. The molecule has 1 fully saturated rings. The van der Waals surface area contributed by atoms with E-state index in [2.05, 4.69) is 21.8 Å². The number of carbonyl (C=O) groups excluding carboxylic acids is 2. The van der Waals surface area contributed by atoms with Crippen molar-refractivity contribution in [3.8, 4) is 11.5 Å². The van der Waals surface area contributed by atoms with Crippen LogP contribution in [0.3, 0.4) is 0 Å². The maximum Gasteiger partial charge on any atom is 0.234 e. The average molecular weight is 398 g/mol.